The zero-order valence-corrected chi connectivity index (χ0v) is 7.08. The van der Waals surface area contributed by atoms with E-state index in [-0.39, 0.29) is 12.4 Å². The van der Waals surface area contributed by atoms with Crippen LogP contribution in [0.15, 0.2) is 18.2 Å². The molecule has 1 aliphatic heterocycles. The molecule has 4 heteroatoms. The van der Waals surface area contributed by atoms with Crippen molar-refractivity contribution >= 4 is 11.8 Å². The molecule has 13 heavy (non-hydrogen) atoms. The maximum absolute atomic E-state index is 12.8. The molecule has 0 bridgehead atoms. The maximum atomic E-state index is 12.8. The van der Waals surface area contributed by atoms with Crippen LogP contribution in [0.4, 0.5) is 14.9 Å². The molecule has 3 nitrogen and oxygen atoms in total. The lowest BCUT2D eigenvalue weighted by atomic mass is 10.1. The number of cyclic esters (lactones) is 1. The molecule has 2 rings (SSSR count). The van der Waals surface area contributed by atoms with Gasteiger partial charge in [-0.15, -0.1) is 0 Å². The van der Waals surface area contributed by atoms with Crippen LogP contribution in [0.2, 0.25) is 0 Å². The van der Waals surface area contributed by atoms with Gasteiger partial charge in [0, 0.05) is 12.6 Å². The van der Waals surface area contributed by atoms with Gasteiger partial charge in [0.05, 0.1) is 5.69 Å². The highest BCUT2D eigenvalue weighted by Gasteiger charge is 2.21. The smallest absolute Gasteiger partial charge is 0.414 e. The topological polar surface area (TPSA) is 29.5 Å². The summed E-state index contributed by atoms with van der Waals surface area (Å²) in [7, 11) is 1.60. The normalized spacial score (nSPS) is 15.2. The largest absolute Gasteiger partial charge is 0.444 e. The predicted octanol–water partition coefficient (Wildman–Crippen LogP) is 1.91. The Bertz CT molecular complexity index is 365. The minimum Gasteiger partial charge on any atom is -0.444 e. The van der Waals surface area contributed by atoms with Gasteiger partial charge in [0.15, 0.2) is 0 Å². The van der Waals surface area contributed by atoms with Crippen LogP contribution in [0.1, 0.15) is 5.56 Å². The number of anilines is 1. The Hall–Kier alpha value is -1.58. The first-order valence-corrected chi connectivity index (χ1v) is 3.87. The van der Waals surface area contributed by atoms with Gasteiger partial charge in [-0.3, -0.25) is 4.90 Å². The number of hydrogen-bond acceptors (Lipinski definition) is 2. The number of halogens is 1. The van der Waals surface area contributed by atoms with Gasteiger partial charge in [-0.25, -0.2) is 9.18 Å². The first-order valence-electron chi connectivity index (χ1n) is 3.87. The van der Waals surface area contributed by atoms with Crippen molar-refractivity contribution in [2.75, 3.05) is 11.9 Å². The third-order valence-electron chi connectivity index (χ3n) is 2.03. The van der Waals surface area contributed by atoms with Gasteiger partial charge in [0.25, 0.3) is 0 Å². The van der Waals surface area contributed by atoms with Crippen molar-refractivity contribution in [1.29, 1.82) is 0 Å². The lowest BCUT2D eigenvalue weighted by Crippen LogP contribution is -2.31. The van der Waals surface area contributed by atoms with E-state index in [0.717, 1.165) is 0 Å². The molecule has 0 fully saturated rings. The highest BCUT2D eigenvalue weighted by atomic mass is 19.1. The number of carbonyl (C=O) groups excluding carboxylic acids is 1. The van der Waals surface area contributed by atoms with Gasteiger partial charge in [-0.05, 0) is 18.2 Å². The molecule has 68 valence electrons. The quantitative estimate of drug-likeness (QED) is 0.611. The molecule has 0 atom stereocenters. The van der Waals surface area contributed by atoms with E-state index < -0.39 is 6.09 Å². The SMILES string of the molecule is CN1C(=O)OCc2cc(F)ccc21. The Morgan fingerprint density at radius 3 is 3.08 bits per heavy atom. The fourth-order valence-corrected chi connectivity index (χ4v) is 1.33. The maximum Gasteiger partial charge on any atom is 0.414 e. The molecule has 1 amide bonds. The lowest BCUT2D eigenvalue weighted by molar-refractivity contribution is 0.143. The van der Waals surface area contributed by atoms with E-state index in [1.165, 1.54) is 17.0 Å². The summed E-state index contributed by atoms with van der Waals surface area (Å²) in [6, 6.07) is 4.28. The molecule has 0 spiro atoms. The summed E-state index contributed by atoms with van der Waals surface area (Å²) in [4.78, 5) is 12.4. The van der Waals surface area contributed by atoms with Crippen molar-refractivity contribution in [2.45, 2.75) is 6.61 Å². The zero-order valence-electron chi connectivity index (χ0n) is 7.08. The van der Waals surface area contributed by atoms with Gasteiger partial charge in [0.2, 0.25) is 0 Å². The van der Waals surface area contributed by atoms with E-state index in [2.05, 4.69) is 0 Å². The Morgan fingerprint density at radius 2 is 2.31 bits per heavy atom. The van der Waals surface area contributed by atoms with E-state index in [4.69, 9.17) is 4.74 Å². The third kappa shape index (κ3) is 1.24. The molecule has 0 aliphatic carbocycles. The van der Waals surface area contributed by atoms with Crippen molar-refractivity contribution in [1.82, 2.24) is 0 Å². The number of ether oxygens (including phenoxy) is 1. The number of hydrogen-bond donors (Lipinski definition) is 0. The van der Waals surface area contributed by atoms with Gasteiger partial charge >= 0.3 is 6.09 Å². The van der Waals surface area contributed by atoms with E-state index in [1.54, 1.807) is 13.1 Å². The monoisotopic (exact) mass is 181 g/mol. The average molecular weight is 181 g/mol. The summed E-state index contributed by atoms with van der Waals surface area (Å²) in [6.07, 6.45) is -0.404. The fourth-order valence-electron chi connectivity index (χ4n) is 1.33. The number of amides is 1. The summed E-state index contributed by atoms with van der Waals surface area (Å²) in [6.45, 7) is 0.149. The average Bonchev–Trinajstić information content (AvgIpc) is 2.12. The highest BCUT2D eigenvalue weighted by Crippen LogP contribution is 2.25. The first-order chi connectivity index (χ1) is 6.18. The van der Waals surface area contributed by atoms with E-state index in [9.17, 15) is 9.18 Å². The summed E-state index contributed by atoms with van der Waals surface area (Å²) in [5.41, 5.74) is 1.40. The van der Waals surface area contributed by atoms with Crippen molar-refractivity contribution in [3.63, 3.8) is 0 Å². The molecular formula is C9H8FNO2. The van der Waals surface area contributed by atoms with Crippen LogP contribution in [-0.4, -0.2) is 13.1 Å². The van der Waals surface area contributed by atoms with Crippen molar-refractivity contribution in [3.05, 3.63) is 29.6 Å². The highest BCUT2D eigenvalue weighted by molar-refractivity contribution is 5.89. The van der Waals surface area contributed by atoms with Crippen molar-refractivity contribution in [2.24, 2.45) is 0 Å². The van der Waals surface area contributed by atoms with E-state index in [1.807, 2.05) is 0 Å². The minimum atomic E-state index is -0.404. The molecule has 0 radical (unpaired) electrons. The number of rotatable bonds is 0. The van der Waals surface area contributed by atoms with Gasteiger partial charge < -0.3 is 4.74 Å². The Labute approximate surface area is 74.7 Å². The molecule has 0 aromatic heterocycles. The molecular weight excluding hydrogens is 173 g/mol. The molecule has 1 aromatic rings. The van der Waals surface area contributed by atoms with E-state index >= 15 is 0 Å². The Balaban J connectivity index is 2.49. The van der Waals surface area contributed by atoms with Crippen molar-refractivity contribution < 1.29 is 13.9 Å². The van der Waals surface area contributed by atoms with Crippen LogP contribution in [0, 0.1) is 5.82 Å². The first kappa shape index (κ1) is 8.04. The summed E-state index contributed by atoms with van der Waals surface area (Å²) in [5, 5.41) is 0. The van der Waals surface area contributed by atoms with E-state index in [0.29, 0.717) is 11.3 Å². The molecule has 0 saturated carbocycles. The Kier molecular flexibility index (Phi) is 1.69. The molecule has 1 aliphatic rings. The molecule has 1 heterocycles. The summed E-state index contributed by atoms with van der Waals surface area (Å²) >= 11 is 0. The third-order valence-corrected chi connectivity index (χ3v) is 2.03. The number of carbonyl (C=O) groups is 1. The predicted molar refractivity (Wildman–Crippen MR) is 45.0 cm³/mol. The lowest BCUT2D eigenvalue weighted by Gasteiger charge is -2.25. The number of fused-ring (bicyclic) bond motifs is 1. The standard InChI is InChI=1S/C9H8FNO2/c1-11-8-3-2-7(10)4-6(8)5-13-9(11)12/h2-4H,5H2,1H3. The van der Waals surface area contributed by atoms with Crippen LogP contribution in [-0.2, 0) is 11.3 Å². The van der Waals surface area contributed by atoms with Gasteiger partial charge in [-0.2, -0.15) is 0 Å². The molecule has 1 aromatic carbocycles. The van der Waals surface area contributed by atoms with Crippen LogP contribution in [0.25, 0.3) is 0 Å². The van der Waals surface area contributed by atoms with Crippen molar-refractivity contribution in [3.8, 4) is 0 Å². The fraction of sp³-hybridized carbons (Fsp3) is 0.222. The van der Waals surface area contributed by atoms with Crippen LogP contribution in [0.5, 0.6) is 0 Å². The van der Waals surface area contributed by atoms with Gasteiger partial charge in [-0.1, -0.05) is 0 Å². The number of nitrogens with zero attached hydrogens (tertiary/aromatic N) is 1. The zero-order chi connectivity index (χ0) is 9.42. The number of benzene rings is 1. The second-order valence-electron chi connectivity index (χ2n) is 2.89. The molecule has 0 unspecified atom stereocenters. The van der Waals surface area contributed by atoms with Crippen LogP contribution < -0.4 is 4.90 Å². The van der Waals surface area contributed by atoms with Gasteiger partial charge in [0.1, 0.15) is 12.4 Å². The molecule has 0 N–H and O–H groups in total. The molecule has 0 saturated heterocycles. The second-order valence-corrected chi connectivity index (χ2v) is 2.89. The van der Waals surface area contributed by atoms with Crippen LogP contribution >= 0.6 is 0 Å². The summed E-state index contributed by atoms with van der Waals surface area (Å²) < 4.78 is 17.6. The summed E-state index contributed by atoms with van der Waals surface area (Å²) in [5.74, 6) is -0.315. The second kappa shape index (κ2) is 2.73. The minimum absolute atomic E-state index is 0.149. The Morgan fingerprint density at radius 1 is 1.54 bits per heavy atom. The van der Waals surface area contributed by atoms with Crippen LogP contribution in [0.3, 0.4) is 0 Å².